The Bertz CT molecular complexity index is 452. The Balaban J connectivity index is 2.72. The minimum absolute atomic E-state index is 0.0956. The molecule has 1 aromatic rings. The molecule has 1 rings (SSSR count). The number of alkyl halides is 2. The number of para-hydroxylation sites is 1. The zero-order chi connectivity index (χ0) is 15.8. The lowest BCUT2D eigenvalue weighted by atomic mass is 10.1. The third kappa shape index (κ3) is 6.53. The van der Waals surface area contributed by atoms with Crippen LogP contribution in [0, 0.1) is 0 Å². The molecule has 0 radical (unpaired) electrons. The van der Waals surface area contributed by atoms with Crippen LogP contribution in [-0.4, -0.2) is 35.2 Å². The van der Waals surface area contributed by atoms with Crippen molar-refractivity contribution in [2.24, 2.45) is 0 Å². The smallest absolute Gasteiger partial charge is 0.387 e. The van der Waals surface area contributed by atoms with Crippen molar-refractivity contribution in [2.75, 3.05) is 6.54 Å². The van der Waals surface area contributed by atoms with Crippen molar-refractivity contribution >= 4 is 5.97 Å². The van der Waals surface area contributed by atoms with Gasteiger partial charge in [0.05, 0.1) is 0 Å². The lowest BCUT2D eigenvalue weighted by Crippen LogP contribution is -2.31. The first-order valence-electron chi connectivity index (χ1n) is 6.88. The summed E-state index contributed by atoms with van der Waals surface area (Å²) in [5.74, 6) is -0.670. The lowest BCUT2D eigenvalue weighted by Gasteiger charge is -2.27. The summed E-state index contributed by atoms with van der Waals surface area (Å²) in [6.45, 7) is 2.15. The SMILES string of the molecule is CC(C)N(CCCC(=O)O)Cc1ccccc1OC(F)F. The molecule has 4 nitrogen and oxygen atoms in total. The molecule has 0 saturated carbocycles. The molecule has 0 aliphatic heterocycles. The Hall–Kier alpha value is -1.69. The topological polar surface area (TPSA) is 49.8 Å². The molecule has 0 unspecified atom stereocenters. The van der Waals surface area contributed by atoms with Crippen molar-refractivity contribution in [3.05, 3.63) is 29.8 Å². The van der Waals surface area contributed by atoms with Crippen LogP contribution in [0.4, 0.5) is 8.78 Å². The molecule has 0 saturated heterocycles. The van der Waals surface area contributed by atoms with Gasteiger partial charge in [0.15, 0.2) is 0 Å². The van der Waals surface area contributed by atoms with Crippen LogP contribution in [0.5, 0.6) is 5.75 Å². The Morgan fingerprint density at radius 1 is 1.33 bits per heavy atom. The van der Waals surface area contributed by atoms with E-state index in [0.717, 1.165) is 0 Å². The first-order valence-corrected chi connectivity index (χ1v) is 6.88. The minimum atomic E-state index is -2.86. The molecule has 0 aliphatic carbocycles. The molecule has 21 heavy (non-hydrogen) atoms. The fraction of sp³-hybridized carbons (Fsp3) is 0.533. The van der Waals surface area contributed by atoms with E-state index in [9.17, 15) is 13.6 Å². The van der Waals surface area contributed by atoms with E-state index in [0.29, 0.717) is 25.1 Å². The van der Waals surface area contributed by atoms with Gasteiger partial charge < -0.3 is 9.84 Å². The van der Waals surface area contributed by atoms with Gasteiger partial charge in [-0.25, -0.2) is 0 Å². The van der Waals surface area contributed by atoms with Crippen molar-refractivity contribution in [1.29, 1.82) is 0 Å². The van der Waals surface area contributed by atoms with Crippen LogP contribution in [0.25, 0.3) is 0 Å². The number of nitrogens with zero attached hydrogens (tertiary/aromatic N) is 1. The average molecular weight is 301 g/mol. The third-order valence-corrected chi connectivity index (χ3v) is 3.13. The average Bonchev–Trinajstić information content (AvgIpc) is 2.38. The van der Waals surface area contributed by atoms with Crippen LogP contribution < -0.4 is 4.74 Å². The molecule has 118 valence electrons. The normalized spacial score (nSPS) is 11.4. The third-order valence-electron chi connectivity index (χ3n) is 3.13. The maximum Gasteiger partial charge on any atom is 0.387 e. The zero-order valence-electron chi connectivity index (χ0n) is 12.3. The number of rotatable bonds is 9. The molecule has 0 amide bonds. The Morgan fingerprint density at radius 2 is 2.00 bits per heavy atom. The van der Waals surface area contributed by atoms with Crippen LogP contribution >= 0.6 is 0 Å². The Morgan fingerprint density at radius 3 is 2.57 bits per heavy atom. The number of benzene rings is 1. The second kappa shape index (κ2) is 8.56. The molecular formula is C15H21F2NO3. The highest BCUT2D eigenvalue weighted by molar-refractivity contribution is 5.66. The summed E-state index contributed by atoms with van der Waals surface area (Å²) in [5, 5.41) is 8.68. The maximum atomic E-state index is 12.4. The molecule has 6 heteroatoms. The summed E-state index contributed by atoms with van der Waals surface area (Å²) in [7, 11) is 0. The van der Waals surface area contributed by atoms with Crippen molar-refractivity contribution in [1.82, 2.24) is 4.90 Å². The second-order valence-electron chi connectivity index (χ2n) is 5.05. The number of hydrogen-bond donors (Lipinski definition) is 1. The quantitative estimate of drug-likeness (QED) is 0.760. The molecule has 1 N–H and O–H groups in total. The van der Waals surface area contributed by atoms with E-state index < -0.39 is 12.6 Å². The van der Waals surface area contributed by atoms with Crippen molar-refractivity contribution in [3.8, 4) is 5.75 Å². The number of hydrogen-bond acceptors (Lipinski definition) is 3. The van der Waals surface area contributed by atoms with Gasteiger partial charge in [-0.05, 0) is 32.9 Å². The van der Waals surface area contributed by atoms with E-state index in [1.807, 2.05) is 18.7 Å². The number of carboxylic acid groups (broad SMARTS) is 1. The van der Waals surface area contributed by atoms with E-state index >= 15 is 0 Å². The second-order valence-corrected chi connectivity index (χ2v) is 5.05. The largest absolute Gasteiger partial charge is 0.481 e. The van der Waals surface area contributed by atoms with Gasteiger partial charge in [-0.2, -0.15) is 8.78 Å². The van der Waals surface area contributed by atoms with Crippen molar-refractivity contribution in [3.63, 3.8) is 0 Å². The summed E-state index contributed by atoms with van der Waals surface area (Å²) < 4.78 is 29.3. The summed E-state index contributed by atoms with van der Waals surface area (Å²) in [4.78, 5) is 12.6. The van der Waals surface area contributed by atoms with Gasteiger partial charge >= 0.3 is 12.6 Å². The van der Waals surface area contributed by atoms with Gasteiger partial charge in [-0.1, -0.05) is 18.2 Å². The highest BCUT2D eigenvalue weighted by Crippen LogP contribution is 2.22. The molecule has 0 aromatic heterocycles. The molecule has 1 aromatic carbocycles. The minimum Gasteiger partial charge on any atom is -0.481 e. The predicted molar refractivity (Wildman–Crippen MR) is 75.5 cm³/mol. The summed E-state index contributed by atoms with van der Waals surface area (Å²) in [5.41, 5.74) is 0.668. The van der Waals surface area contributed by atoms with Crippen LogP contribution in [-0.2, 0) is 11.3 Å². The van der Waals surface area contributed by atoms with Crippen molar-refractivity contribution in [2.45, 2.75) is 45.9 Å². The van der Waals surface area contributed by atoms with Gasteiger partial charge in [-0.15, -0.1) is 0 Å². The fourth-order valence-electron chi connectivity index (χ4n) is 2.02. The highest BCUT2D eigenvalue weighted by atomic mass is 19.3. The molecule has 0 fully saturated rings. The summed E-state index contributed by atoms with van der Waals surface area (Å²) in [6.07, 6.45) is 0.615. The number of ether oxygens (including phenoxy) is 1. The monoisotopic (exact) mass is 301 g/mol. The molecule has 0 atom stereocenters. The van der Waals surface area contributed by atoms with E-state index in [4.69, 9.17) is 5.11 Å². The van der Waals surface area contributed by atoms with Crippen LogP contribution in [0.1, 0.15) is 32.3 Å². The predicted octanol–water partition coefficient (Wildman–Crippen LogP) is 3.36. The molecule has 0 aliphatic rings. The fourth-order valence-corrected chi connectivity index (χ4v) is 2.02. The molecule has 0 bridgehead atoms. The molecule has 0 heterocycles. The zero-order valence-corrected chi connectivity index (χ0v) is 12.3. The van der Waals surface area contributed by atoms with Crippen LogP contribution in [0.2, 0.25) is 0 Å². The van der Waals surface area contributed by atoms with Gasteiger partial charge in [0.2, 0.25) is 0 Å². The van der Waals surface area contributed by atoms with Crippen LogP contribution in [0.3, 0.4) is 0 Å². The van der Waals surface area contributed by atoms with Gasteiger partial charge in [0.25, 0.3) is 0 Å². The first kappa shape index (κ1) is 17.4. The van der Waals surface area contributed by atoms with Crippen molar-refractivity contribution < 1.29 is 23.4 Å². The number of halogens is 2. The summed E-state index contributed by atoms with van der Waals surface area (Å²) >= 11 is 0. The standard InChI is InChI=1S/C15H21F2NO3/c1-11(2)18(9-5-8-14(19)20)10-12-6-3-4-7-13(12)21-15(16)17/h3-4,6-7,11,15H,5,8-10H2,1-2H3,(H,19,20). The van der Waals surface area contributed by atoms with E-state index in [1.54, 1.807) is 18.2 Å². The number of aliphatic carboxylic acids is 1. The Labute approximate surface area is 123 Å². The Kier molecular flexibility index (Phi) is 7.08. The summed E-state index contributed by atoms with van der Waals surface area (Å²) in [6, 6.07) is 6.84. The lowest BCUT2D eigenvalue weighted by molar-refractivity contribution is -0.137. The molecular weight excluding hydrogens is 280 g/mol. The highest BCUT2D eigenvalue weighted by Gasteiger charge is 2.15. The van der Waals surface area contributed by atoms with Gasteiger partial charge in [0.1, 0.15) is 5.75 Å². The van der Waals surface area contributed by atoms with E-state index in [-0.39, 0.29) is 18.2 Å². The number of carboxylic acids is 1. The maximum absolute atomic E-state index is 12.4. The van der Waals surface area contributed by atoms with E-state index in [2.05, 4.69) is 4.74 Å². The molecule has 0 spiro atoms. The van der Waals surface area contributed by atoms with E-state index in [1.165, 1.54) is 6.07 Å². The van der Waals surface area contributed by atoms with Gasteiger partial charge in [0, 0.05) is 24.6 Å². The van der Waals surface area contributed by atoms with Gasteiger partial charge in [-0.3, -0.25) is 9.69 Å². The van der Waals surface area contributed by atoms with Crippen LogP contribution in [0.15, 0.2) is 24.3 Å². The number of carbonyl (C=O) groups is 1. The first-order chi connectivity index (χ1) is 9.90.